The fraction of sp³-hybridized carbons (Fsp3) is 0.440. The monoisotopic (exact) mass is 426 g/mol. The molecule has 0 bridgehead atoms. The molecular weight excluding hydrogens is 396 g/mol. The van der Waals surface area contributed by atoms with E-state index in [1.807, 2.05) is 26.0 Å². The van der Waals surface area contributed by atoms with Gasteiger partial charge in [-0.2, -0.15) is 0 Å². The molecule has 4 rings (SSSR count). The molecule has 0 spiro atoms. The van der Waals surface area contributed by atoms with Crippen molar-refractivity contribution >= 4 is 0 Å². The number of hydrogen-bond donors (Lipinski definition) is 4. The van der Waals surface area contributed by atoms with E-state index in [1.165, 1.54) is 0 Å². The Morgan fingerprint density at radius 2 is 1.87 bits per heavy atom. The van der Waals surface area contributed by atoms with E-state index < -0.39 is 17.8 Å². The van der Waals surface area contributed by atoms with Crippen LogP contribution < -0.4 is 9.47 Å². The second kappa shape index (κ2) is 7.77. The van der Waals surface area contributed by atoms with Crippen molar-refractivity contribution in [3.05, 3.63) is 58.2 Å². The molecule has 6 nitrogen and oxygen atoms in total. The van der Waals surface area contributed by atoms with E-state index in [9.17, 15) is 20.4 Å². The number of phenols is 2. The van der Waals surface area contributed by atoms with Crippen molar-refractivity contribution in [2.75, 3.05) is 0 Å². The zero-order valence-corrected chi connectivity index (χ0v) is 18.3. The van der Waals surface area contributed by atoms with E-state index >= 15 is 0 Å². The highest BCUT2D eigenvalue weighted by atomic mass is 16.5. The van der Waals surface area contributed by atoms with Crippen LogP contribution in [0.3, 0.4) is 0 Å². The highest BCUT2D eigenvalue weighted by Gasteiger charge is 2.44. The molecule has 166 valence electrons. The summed E-state index contributed by atoms with van der Waals surface area (Å²) in [4.78, 5) is 0. The Balaban J connectivity index is 1.83. The van der Waals surface area contributed by atoms with Gasteiger partial charge in [-0.15, -0.1) is 0 Å². The minimum atomic E-state index is -1.19. The summed E-state index contributed by atoms with van der Waals surface area (Å²) >= 11 is 0. The number of ether oxygens (including phenoxy) is 2. The van der Waals surface area contributed by atoms with Crippen molar-refractivity contribution in [3.8, 4) is 23.0 Å². The minimum absolute atomic E-state index is 0.0330. The first-order chi connectivity index (χ1) is 14.6. The van der Waals surface area contributed by atoms with E-state index in [0.29, 0.717) is 29.7 Å². The van der Waals surface area contributed by atoms with Gasteiger partial charge in [0.15, 0.2) is 11.5 Å². The average molecular weight is 427 g/mol. The number of rotatable bonds is 3. The molecule has 0 aromatic heterocycles. The van der Waals surface area contributed by atoms with Gasteiger partial charge in [0.05, 0.1) is 0 Å². The zero-order chi connectivity index (χ0) is 22.5. The van der Waals surface area contributed by atoms with Gasteiger partial charge >= 0.3 is 0 Å². The van der Waals surface area contributed by atoms with Crippen LogP contribution in [0.2, 0.25) is 0 Å². The van der Waals surface area contributed by atoms with E-state index in [0.717, 1.165) is 23.1 Å². The lowest BCUT2D eigenvalue weighted by molar-refractivity contribution is -0.112. The summed E-state index contributed by atoms with van der Waals surface area (Å²) < 4.78 is 12.2. The Morgan fingerprint density at radius 1 is 1.13 bits per heavy atom. The Bertz CT molecular complexity index is 1030. The number of phenolic OH excluding ortho intramolecular Hbond substituents is 2. The van der Waals surface area contributed by atoms with E-state index in [4.69, 9.17) is 9.47 Å². The van der Waals surface area contributed by atoms with E-state index in [1.54, 1.807) is 32.0 Å². The van der Waals surface area contributed by atoms with Gasteiger partial charge in [0, 0.05) is 22.8 Å². The molecule has 2 aliphatic heterocycles. The van der Waals surface area contributed by atoms with E-state index in [2.05, 4.69) is 0 Å². The van der Waals surface area contributed by atoms with Crippen molar-refractivity contribution in [3.63, 3.8) is 0 Å². The summed E-state index contributed by atoms with van der Waals surface area (Å²) in [5.74, 6) is 0.915. The third-order valence-electron chi connectivity index (χ3n) is 6.17. The lowest BCUT2D eigenvalue weighted by Crippen LogP contribution is -2.48. The molecule has 2 heterocycles. The lowest BCUT2D eigenvalue weighted by Gasteiger charge is -2.41. The highest BCUT2D eigenvalue weighted by Crippen LogP contribution is 2.50. The third kappa shape index (κ3) is 3.86. The normalized spacial score (nSPS) is 23.7. The second-order valence-electron chi connectivity index (χ2n) is 9.23. The zero-order valence-electron chi connectivity index (χ0n) is 18.3. The largest absolute Gasteiger partial charge is 0.508 e. The van der Waals surface area contributed by atoms with Crippen LogP contribution in [-0.4, -0.2) is 32.1 Å². The molecule has 0 radical (unpaired) electrons. The van der Waals surface area contributed by atoms with Crippen molar-refractivity contribution < 1.29 is 29.9 Å². The molecular formula is C25H30O6. The molecule has 2 aromatic rings. The molecule has 3 atom stereocenters. The third-order valence-corrected chi connectivity index (χ3v) is 6.17. The molecule has 0 fully saturated rings. The molecule has 2 aliphatic rings. The standard InChI is InChI=1S/C25H30O6/c1-13(2)5-9-16-17(19-10-7-14-6-8-15(26)11-20(14)30-19)12-18-22(28)24(29)25(3,4)31-23(18)21(16)27/h5-6,8,11-12,19,22,24,26-29H,7,9-10H2,1-4H3. The lowest BCUT2D eigenvalue weighted by atomic mass is 9.84. The van der Waals surface area contributed by atoms with Crippen LogP contribution in [0.4, 0.5) is 0 Å². The summed E-state index contributed by atoms with van der Waals surface area (Å²) in [5.41, 5.74) is 2.86. The maximum Gasteiger partial charge on any atom is 0.168 e. The van der Waals surface area contributed by atoms with Gasteiger partial charge in [0.2, 0.25) is 0 Å². The summed E-state index contributed by atoms with van der Waals surface area (Å²) in [7, 11) is 0. The number of aliphatic hydroxyl groups is 2. The van der Waals surface area contributed by atoms with Gasteiger partial charge < -0.3 is 29.9 Å². The molecule has 0 aliphatic carbocycles. The van der Waals surface area contributed by atoms with Crippen molar-refractivity contribution in [2.24, 2.45) is 0 Å². The summed E-state index contributed by atoms with van der Waals surface area (Å²) in [6, 6.07) is 6.88. The minimum Gasteiger partial charge on any atom is -0.508 e. The molecule has 0 amide bonds. The Morgan fingerprint density at radius 3 is 2.58 bits per heavy atom. The number of allylic oxidation sites excluding steroid dienone is 2. The molecule has 2 aromatic carbocycles. The van der Waals surface area contributed by atoms with Crippen LogP contribution in [0.15, 0.2) is 35.9 Å². The molecule has 6 heteroatoms. The maximum absolute atomic E-state index is 11.2. The molecule has 4 N–H and O–H groups in total. The average Bonchev–Trinajstić information content (AvgIpc) is 2.71. The summed E-state index contributed by atoms with van der Waals surface area (Å²) in [6.45, 7) is 7.34. The van der Waals surface area contributed by atoms with Gasteiger partial charge in [-0.3, -0.25) is 0 Å². The summed E-state index contributed by atoms with van der Waals surface area (Å²) in [6.07, 6.45) is 1.24. The molecule has 0 saturated carbocycles. The first kappa shape index (κ1) is 21.5. The van der Waals surface area contributed by atoms with Crippen LogP contribution in [0.25, 0.3) is 0 Å². The van der Waals surface area contributed by atoms with E-state index in [-0.39, 0.29) is 23.4 Å². The predicted octanol–water partition coefficient (Wildman–Crippen LogP) is 4.24. The van der Waals surface area contributed by atoms with Crippen LogP contribution in [0.5, 0.6) is 23.0 Å². The first-order valence-corrected chi connectivity index (χ1v) is 10.6. The van der Waals surface area contributed by atoms with Gasteiger partial charge in [-0.1, -0.05) is 17.7 Å². The van der Waals surface area contributed by atoms with Crippen LogP contribution in [-0.2, 0) is 12.8 Å². The van der Waals surface area contributed by atoms with Crippen molar-refractivity contribution in [1.29, 1.82) is 0 Å². The van der Waals surface area contributed by atoms with Crippen LogP contribution in [0.1, 0.15) is 68.6 Å². The maximum atomic E-state index is 11.2. The van der Waals surface area contributed by atoms with Gasteiger partial charge in [-0.05, 0) is 64.7 Å². The smallest absolute Gasteiger partial charge is 0.168 e. The summed E-state index contributed by atoms with van der Waals surface area (Å²) in [5, 5.41) is 42.4. The molecule has 0 saturated heterocycles. The Labute approximate surface area is 182 Å². The Kier molecular flexibility index (Phi) is 5.40. The van der Waals surface area contributed by atoms with Gasteiger partial charge in [-0.25, -0.2) is 0 Å². The predicted molar refractivity (Wildman–Crippen MR) is 117 cm³/mol. The quantitative estimate of drug-likeness (QED) is 0.548. The van der Waals surface area contributed by atoms with Crippen molar-refractivity contribution in [2.45, 2.75) is 70.9 Å². The van der Waals surface area contributed by atoms with Gasteiger partial charge in [0.25, 0.3) is 0 Å². The van der Waals surface area contributed by atoms with Crippen LogP contribution in [0, 0.1) is 0 Å². The SMILES string of the molecule is CC(C)=CCc1c(C2CCc3ccc(O)cc3O2)cc2c(c1O)OC(C)(C)C(O)C2O. The topological polar surface area (TPSA) is 99.4 Å². The highest BCUT2D eigenvalue weighted by molar-refractivity contribution is 5.59. The number of benzene rings is 2. The fourth-order valence-electron chi connectivity index (χ4n) is 4.32. The number of aliphatic hydroxyl groups excluding tert-OH is 2. The molecule has 31 heavy (non-hydrogen) atoms. The van der Waals surface area contributed by atoms with Crippen LogP contribution >= 0.6 is 0 Å². The number of hydrogen-bond acceptors (Lipinski definition) is 6. The number of aromatic hydroxyl groups is 2. The fourth-order valence-corrected chi connectivity index (χ4v) is 4.32. The second-order valence-corrected chi connectivity index (χ2v) is 9.23. The first-order valence-electron chi connectivity index (χ1n) is 10.6. The van der Waals surface area contributed by atoms with Crippen molar-refractivity contribution in [1.82, 2.24) is 0 Å². The number of fused-ring (bicyclic) bond motifs is 2. The Hall–Kier alpha value is -2.70. The molecule has 3 unspecified atom stereocenters. The van der Waals surface area contributed by atoms with Gasteiger partial charge in [0.1, 0.15) is 35.4 Å². The number of aryl methyl sites for hydroxylation is 1.